The summed E-state index contributed by atoms with van der Waals surface area (Å²) in [7, 11) is 0. The lowest BCUT2D eigenvalue weighted by molar-refractivity contribution is 0.0730. The maximum absolute atomic E-state index is 13.2. The Morgan fingerprint density at radius 1 is 0.824 bits per heavy atom. The minimum Gasteiger partial charge on any atom is -0.335 e. The highest BCUT2D eigenvalue weighted by Gasteiger charge is 2.28. The molecule has 2 amide bonds. The summed E-state index contributed by atoms with van der Waals surface area (Å²) >= 11 is 24.7. The van der Waals surface area contributed by atoms with Gasteiger partial charge in [0, 0.05) is 26.2 Å². The SMILES string of the molecule is O=C(Nc1cn(C(=O)c2c(Cl)cccc2Cl)nc1C(=O)N1CCNCC1)c1c(Cl)cccc1Cl. The number of hydrogen-bond acceptors (Lipinski definition) is 5. The smallest absolute Gasteiger partial charge is 0.281 e. The van der Waals surface area contributed by atoms with E-state index < -0.39 is 17.7 Å². The highest BCUT2D eigenvalue weighted by atomic mass is 35.5. The van der Waals surface area contributed by atoms with E-state index in [-0.39, 0.29) is 42.6 Å². The van der Waals surface area contributed by atoms with Crippen LogP contribution in [-0.2, 0) is 0 Å². The van der Waals surface area contributed by atoms with E-state index in [1.807, 2.05) is 0 Å². The van der Waals surface area contributed by atoms with Crippen LogP contribution in [0.4, 0.5) is 5.69 Å². The van der Waals surface area contributed by atoms with Crippen molar-refractivity contribution in [1.82, 2.24) is 20.0 Å². The van der Waals surface area contributed by atoms with Crippen LogP contribution in [0.3, 0.4) is 0 Å². The van der Waals surface area contributed by atoms with Gasteiger partial charge in [0.1, 0.15) is 0 Å². The van der Waals surface area contributed by atoms with Gasteiger partial charge in [-0.1, -0.05) is 58.5 Å². The summed E-state index contributed by atoms with van der Waals surface area (Å²) in [6, 6.07) is 9.26. The average Bonchev–Trinajstić information content (AvgIpc) is 3.22. The van der Waals surface area contributed by atoms with Crippen LogP contribution in [0.15, 0.2) is 42.6 Å². The van der Waals surface area contributed by atoms with E-state index >= 15 is 0 Å². The van der Waals surface area contributed by atoms with Gasteiger partial charge in [0.2, 0.25) is 0 Å². The molecule has 3 aromatic rings. The molecule has 2 N–H and O–H groups in total. The number of carbonyl (C=O) groups excluding carboxylic acids is 3. The predicted octanol–water partition coefficient (Wildman–Crippen LogP) is 4.48. The number of aromatic nitrogens is 2. The second-order valence-corrected chi connectivity index (χ2v) is 8.96. The number of nitrogens with zero attached hydrogens (tertiary/aromatic N) is 3. The molecular weight excluding hydrogens is 524 g/mol. The molecule has 1 fully saturated rings. The number of amides is 2. The lowest BCUT2D eigenvalue weighted by Crippen LogP contribution is -2.46. The Labute approximate surface area is 214 Å². The predicted molar refractivity (Wildman–Crippen MR) is 132 cm³/mol. The minimum atomic E-state index is -0.666. The maximum atomic E-state index is 13.2. The number of benzene rings is 2. The monoisotopic (exact) mass is 539 g/mol. The molecule has 1 aliphatic heterocycles. The van der Waals surface area contributed by atoms with Gasteiger partial charge in [-0.05, 0) is 24.3 Å². The summed E-state index contributed by atoms with van der Waals surface area (Å²) < 4.78 is 0.923. The van der Waals surface area contributed by atoms with Crippen molar-refractivity contribution in [2.45, 2.75) is 0 Å². The number of hydrogen-bond donors (Lipinski definition) is 2. The summed E-state index contributed by atoms with van der Waals surface area (Å²) in [4.78, 5) is 41.0. The molecule has 0 spiro atoms. The van der Waals surface area contributed by atoms with Gasteiger partial charge in [-0.25, -0.2) is 4.68 Å². The lowest BCUT2D eigenvalue weighted by Gasteiger charge is -2.27. The van der Waals surface area contributed by atoms with Crippen molar-refractivity contribution in [2.75, 3.05) is 31.5 Å². The number of halogens is 4. The van der Waals surface area contributed by atoms with Gasteiger partial charge in [-0.2, -0.15) is 5.10 Å². The third-order valence-corrected chi connectivity index (χ3v) is 6.40. The van der Waals surface area contributed by atoms with Crippen LogP contribution >= 0.6 is 46.4 Å². The number of piperazine rings is 1. The molecule has 0 bridgehead atoms. The van der Waals surface area contributed by atoms with Crippen molar-refractivity contribution in [1.29, 1.82) is 0 Å². The van der Waals surface area contributed by atoms with Crippen LogP contribution < -0.4 is 10.6 Å². The maximum Gasteiger partial charge on any atom is 0.281 e. The Kier molecular flexibility index (Phi) is 7.45. The Hall–Kier alpha value is -2.62. The van der Waals surface area contributed by atoms with Crippen molar-refractivity contribution in [2.24, 2.45) is 0 Å². The molecule has 1 aromatic heterocycles. The molecule has 1 aliphatic rings. The van der Waals surface area contributed by atoms with E-state index in [1.54, 1.807) is 17.0 Å². The Bertz CT molecular complexity index is 1250. The zero-order chi connectivity index (χ0) is 24.4. The van der Waals surface area contributed by atoms with E-state index in [0.717, 1.165) is 4.68 Å². The van der Waals surface area contributed by atoms with Crippen LogP contribution in [0.5, 0.6) is 0 Å². The molecule has 0 atom stereocenters. The zero-order valence-electron chi connectivity index (χ0n) is 17.4. The topological polar surface area (TPSA) is 96.3 Å². The second kappa shape index (κ2) is 10.3. The second-order valence-electron chi connectivity index (χ2n) is 7.33. The normalized spacial score (nSPS) is 13.6. The molecule has 34 heavy (non-hydrogen) atoms. The van der Waals surface area contributed by atoms with E-state index in [1.165, 1.54) is 30.5 Å². The molecule has 1 saturated heterocycles. The first-order valence-corrected chi connectivity index (χ1v) is 11.6. The number of anilines is 1. The summed E-state index contributed by atoms with van der Waals surface area (Å²) in [5, 5.41) is 10.5. The summed E-state index contributed by atoms with van der Waals surface area (Å²) in [6.07, 6.45) is 1.24. The summed E-state index contributed by atoms with van der Waals surface area (Å²) in [6.45, 7) is 2.11. The van der Waals surface area contributed by atoms with Crippen molar-refractivity contribution in [3.05, 3.63) is 79.5 Å². The van der Waals surface area contributed by atoms with E-state index in [4.69, 9.17) is 46.4 Å². The lowest BCUT2D eigenvalue weighted by atomic mass is 10.2. The zero-order valence-corrected chi connectivity index (χ0v) is 20.5. The highest BCUT2D eigenvalue weighted by Crippen LogP contribution is 2.28. The van der Waals surface area contributed by atoms with Gasteiger partial charge in [-0.3, -0.25) is 14.4 Å². The fourth-order valence-corrected chi connectivity index (χ4v) is 4.59. The third kappa shape index (κ3) is 4.92. The van der Waals surface area contributed by atoms with Crippen LogP contribution in [0.2, 0.25) is 20.1 Å². The van der Waals surface area contributed by atoms with Crippen LogP contribution in [-0.4, -0.2) is 58.6 Å². The molecule has 8 nitrogen and oxygen atoms in total. The first-order chi connectivity index (χ1) is 16.3. The van der Waals surface area contributed by atoms with Crippen molar-refractivity contribution < 1.29 is 14.4 Å². The van der Waals surface area contributed by atoms with Gasteiger partial charge >= 0.3 is 0 Å². The molecular formula is C22H17Cl4N5O3. The number of carbonyl (C=O) groups is 3. The Balaban J connectivity index is 1.74. The Morgan fingerprint density at radius 3 is 1.91 bits per heavy atom. The average molecular weight is 541 g/mol. The van der Waals surface area contributed by atoms with Gasteiger partial charge in [0.25, 0.3) is 17.7 Å². The first-order valence-electron chi connectivity index (χ1n) is 10.1. The van der Waals surface area contributed by atoms with Crippen molar-refractivity contribution in [3.63, 3.8) is 0 Å². The summed E-state index contributed by atoms with van der Waals surface area (Å²) in [5.74, 6) is -1.77. The largest absolute Gasteiger partial charge is 0.335 e. The van der Waals surface area contributed by atoms with Gasteiger partial charge in [0.05, 0.1) is 43.1 Å². The number of nitrogens with one attached hydrogen (secondary N) is 2. The molecule has 2 heterocycles. The molecule has 12 heteroatoms. The molecule has 176 valence electrons. The molecule has 0 saturated carbocycles. The van der Waals surface area contributed by atoms with Gasteiger partial charge < -0.3 is 15.5 Å². The van der Waals surface area contributed by atoms with Crippen molar-refractivity contribution in [3.8, 4) is 0 Å². The first kappa shape index (κ1) is 24.5. The molecule has 0 unspecified atom stereocenters. The van der Waals surface area contributed by atoms with E-state index in [9.17, 15) is 14.4 Å². The summed E-state index contributed by atoms with van der Waals surface area (Å²) in [5.41, 5.74) is -0.0582. The number of rotatable bonds is 4. The van der Waals surface area contributed by atoms with Gasteiger partial charge in [0.15, 0.2) is 5.69 Å². The van der Waals surface area contributed by atoms with Crippen molar-refractivity contribution >= 4 is 69.8 Å². The van der Waals surface area contributed by atoms with E-state index in [2.05, 4.69) is 15.7 Å². The van der Waals surface area contributed by atoms with Gasteiger partial charge in [-0.15, -0.1) is 0 Å². The molecule has 2 aromatic carbocycles. The van der Waals surface area contributed by atoms with Crippen LogP contribution in [0.25, 0.3) is 0 Å². The van der Waals surface area contributed by atoms with E-state index in [0.29, 0.717) is 26.2 Å². The quantitative estimate of drug-likeness (QED) is 0.508. The Morgan fingerprint density at radius 2 is 1.35 bits per heavy atom. The molecule has 0 aliphatic carbocycles. The van der Waals surface area contributed by atoms with Crippen LogP contribution in [0, 0.1) is 0 Å². The fourth-order valence-electron chi connectivity index (χ4n) is 3.46. The standard InChI is InChI=1S/C22H17Cl4N5O3/c23-12-3-1-4-13(24)17(12)20(32)28-16-11-31(21(33)18-14(25)5-2-6-15(18)26)29-19(16)22(34)30-9-7-27-8-10-30/h1-6,11,27H,7-10H2,(H,28,32). The third-order valence-electron chi connectivity index (χ3n) is 5.14. The fraction of sp³-hybridized carbons (Fsp3) is 0.182. The molecule has 4 rings (SSSR count). The highest BCUT2D eigenvalue weighted by molar-refractivity contribution is 6.41. The van der Waals surface area contributed by atoms with Crippen LogP contribution in [0.1, 0.15) is 31.2 Å². The minimum absolute atomic E-state index is 0.0149. The molecule has 0 radical (unpaired) electrons.